The molecule has 0 amide bonds. The maximum Gasteiger partial charge on any atom is 0.0947 e. The lowest BCUT2D eigenvalue weighted by atomic mass is 10.1. The van der Waals surface area contributed by atoms with E-state index in [-0.39, 0.29) is 5.92 Å². The van der Waals surface area contributed by atoms with Gasteiger partial charge in [0.1, 0.15) is 0 Å². The van der Waals surface area contributed by atoms with Crippen LogP contribution in [-0.4, -0.2) is 41.9 Å². The number of amidine groups is 1. The van der Waals surface area contributed by atoms with Crippen LogP contribution in [0.5, 0.6) is 0 Å². The maximum atomic E-state index is 7.26. The summed E-state index contributed by atoms with van der Waals surface area (Å²) in [5.41, 5.74) is 5.40. The van der Waals surface area contributed by atoms with E-state index in [0.29, 0.717) is 5.84 Å². The van der Waals surface area contributed by atoms with Gasteiger partial charge in [0.2, 0.25) is 0 Å². The second-order valence-electron chi connectivity index (χ2n) is 3.27. The zero-order chi connectivity index (χ0) is 8.97. The van der Waals surface area contributed by atoms with Crippen molar-refractivity contribution in [1.82, 2.24) is 4.90 Å². The quantitative estimate of drug-likeness (QED) is 0.503. The Morgan fingerprint density at radius 2 is 2.17 bits per heavy atom. The molecule has 1 aliphatic rings. The molecule has 0 spiro atoms. The first kappa shape index (κ1) is 9.86. The Morgan fingerprint density at radius 1 is 1.58 bits per heavy atom. The highest BCUT2D eigenvalue weighted by atomic mass is 32.2. The lowest BCUT2D eigenvalue weighted by Gasteiger charge is -2.28. The number of nitrogens with one attached hydrogen (secondary N) is 1. The molecule has 0 aromatic heterocycles. The number of hydrogen-bond donors (Lipinski definition) is 2. The second kappa shape index (κ2) is 4.72. The van der Waals surface area contributed by atoms with Gasteiger partial charge in [-0.25, -0.2) is 0 Å². The first-order valence-electron chi connectivity index (χ1n) is 4.34. The highest BCUT2D eigenvalue weighted by Crippen LogP contribution is 2.10. The van der Waals surface area contributed by atoms with E-state index in [0.717, 1.165) is 19.6 Å². The normalized spacial score (nSPS) is 22.1. The smallest absolute Gasteiger partial charge is 0.0947 e. The van der Waals surface area contributed by atoms with Crippen molar-refractivity contribution in [1.29, 1.82) is 5.41 Å². The summed E-state index contributed by atoms with van der Waals surface area (Å²) in [5, 5.41) is 7.26. The van der Waals surface area contributed by atoms with Crippen LogP contribution < -0.4 is 5.73 Å². The Morgan fingerprint density at radius 3 is 2.67 bits per heavy atom. The average Bonchev–Trinajstić information content (AvgIpc) is 2.06. The van der Waals surface area contributed by atoms with E-state index in [1.54, 1.807) is 0 Å². The number of nitrogens with two attached hydrogens (primary N) is 1. The lowest BCUT2D eigenvalue weighted by Crippen LogP contribution is -2.39. The van der Waals surface area contributed by atoms with Crippen LogP contribution in [0.3, 0.4) is 0 Å². The minimum Gasteiger partial charge on any atom is -0.387 e. The third-order valence-electron chi connectivity index (χ3n) is 2.17. The molecule has 1 rings (SSSR count). The van der Waals surface area contributed by atoms with Crippen LogP contribution in [0.2, 0.25) is 0 Å². The minimum atomic E-state index is 0.216. The Kier molecular flexibility index (Phi) is 3.88. The molecule has 1 aliphatic heterocycles. The van der Waals surface area contributed by atoms with Crippen molar-refractivity contribution < 1.29 is 0 Å². The molecule has 1 unspecified atom stereocenters. The van der Waals surface area contributed by atoms with Gasteiger partial charge >= 0.3 is 0 Å². The number of nitrogens with zero attached hydrogens (tertiary/aromatic N) is 1. The fraction of sp³-hybridized carbons (Fsp3) is 0.875. The molecular weight excluding hydrogens is 170 g/mol. The largest absolute Gasteiger partial charge is 0.387 e. The highest BCUT2D eigenvalue weighted by molar-refractivity contribution is 7.99. The van der Waals surface area contributed by atoms with Crippen LogP contribution in [0.1, 0.15) is 6.92 Å². The van der Waals surface area contributed by atoms with Crippen LogP contribution in [0.4, 0.5) is 0 Å². The molecule has 1 heterocycles. The van der Waals surface area contributed by atoms with Crippen molar-refractivity contribution in [3.63, 3.8) is 0 Å². The Bertz CT molecular complexity index is 154. The van der Waals surface area contributed by atoms with Crippen LogP contribution >= 0.6 is 11.8 Å². The van der Waals surface area contributed by atoms with Crippen LogP contribution in [0, 0.1) is 11.3 Å². The monoisotopic (exact) mass is 187 g/mol. The minimum absolute atomic E-state index is 0.216. The van der Waals surface area contributed by atoms with Gasteiger partial charge in [-0.05, 0) is 0 Å². The molecule has 0 aliphatic carbocycles. The van der Waals surface area contributed by atoms with E-state index in [1.165, 1.54) is 11.5 Å². The third-order valence-corrected chi connectivity index (χ3v) is 3.11. The van der Waals surface area contributed by atoms with Gasteiger partial charge in [-0.1, -0.05) is 6.92 Å². The first-order valence-corrected chi connectivity index (χ1v) is 5.49. The van der Waals surface area contributed by atoms with Gasteiger partial charge in [-0.3, -0.25) is 5.41 Å². The van der Waals surface area contributed by atoms with Crippen molar-refractivity contribution in [3.05, 3.63) is 0 Å². The van der Waals surface area contributed by atoms with Crippen molar-refractivity contribution in [2.75, 3.05) is 31.1 Å². The molecule has 0 bridgehead atoms. The van der Waals surface area contributed by atoms with Crippen LogP contribution in [-0.2, 0) is 0 Å². The van der Waals surface area contributed by atoms with Gasteiger partial charge in [0.25, 0.3) is 0 Å². The molecule has 0 radical (unpaired) electrons. The fourth-order valence-corrected chi connectivity index (χ4v) is 2.25. The van der Waals surface area contributed by atoms with Crippen molar-refractivity contribution in [3.8, 4) is 0 Å². The van der Waals surface area contributed by atoms with Crippen molar-refractivity contribution >= 4 is 17.6 Å². The molecule has 0 aromatic carbocycles. The Balaban J connectivity index is 2.24. The van der Waals surface area contributed by atoms with E-state index in [2.05, 4.69) is 4.90 Å². The highest BCUT2D eigenvalue weighted by Gasteiger charge is 2.14. The molecule has 3 N–H and O–H groups in total. The van der Waals surface area contributed by atoms with E-state index < -0.39 is 0 Å². The fourth-order valence-electron chi connectivity index (χ4n) is 1.27. The SMILES string of the molecule is CC(CN1CCSCC1)C(=N)N. The van der Waals surface area contributed by atoms with Gasteiger partial charge < -0.3 is 10.6 Å². The summed E-state index contributed by atoms with van der Waals surface area (Å²) < 4.78 is 0. The number of hydrogen-bond acceptors (Lipinski definition) is 3. The molecule has 70 valence electrons. The summed E-state index contributed by atoms with van der Waals surface area (Å²) in [7, 11) is 0. The molecular formula is C8H17N3S. The summed E-state index contributed by atoms with van der Waals surface area (Å²) in [4.78, 5) is 2.39. The van der Waals surface area contributed by atoms with Gasteiger partial charge in [0, 0.05) is 37.1 Å². The topological polar surface area (TPSA) is 53.1 Å². The molecule has 3 nitrogen and oxygen atoms in total. The second-order valence-corrected chi connectivity index (χ2v) is 4.49. The summed E-state index contributed by atoms with van der Waals surface area (Å²) in [6.07, 6.45) is 0. The molecule has 0 aromatic rings. The van der Waals surface area contributed by atoms with E-state index in [9.17, 15) is 0 Å². The van der Waals surface area contributed by atoms with Gasteiger partial charge in [-0.2, -0.15) is 11.8 Å². The summed E-state index contributed by atoms with van der Waals surface area (Å²) in [6.45, 7) is 5.28. The van der Waals surface area contributed by atoms with Gasteiger partial charge in [0.15, 0.2) is 0 Å². The standard InChI is InChI=1S/C8H17N3S/c1-7(8(9)10)6-11-2-4-12-5-3-11/h7H,2-6H2,1H3,(H3,9,10). The number of thioether (sulfide) groups is 1. The maximum absolute atomic E-state index is 7.26. The predicted octanol–water partition coefficient (Wildman–Crippen LogP) is 0.607. The Labute approximate surface area is 78.2 Å². The van der Waals surface area contributed by atoms with Gasteiger partial charge in [0.05, 0.1) is 5.84 Å². The van der Waals surface area contributed by atoms with E-state index in [1.807, 2.05) is 18.7 Å². The molecule has 1 saturated heterocycles. The Hall–Kier alpha value is -0.220. The predicted molar refractivity (Wildman–Crippen MR) is 54.8 cm³/mol. The van der Waals surface area contributed by atoms with E-state index >= 15 is 0 Å². The average molecular weight is 187 g/mol. The lowest BCUT2D eigenvalue weighted by molar-refractivity contribution is 0.284. The van der Waals surface area contributed by atoms with Gasteiger partial charge in [-0.15, -0.1) is 0 Å². The zero-order valence-electron chi connectivity index (χ0n) is 7.55. The third kappa shape index (κ3) is 3.03. The van der Waals surface area contributed by atoms with Crippen LogP contribution in [0.15, 0.2) is 0 Å². The summed E-state index contributed by atoms with van der Waals surface area (Å²) >= 11 is 2.01. The summed E-state index contributed by atoms with van der Waals surface area (Å²) in [5.74, 6) is 2.98. The first-order chi connectivity index (χ1) is 5.70. The van der Waals surface area contributed by atoms with Crippen molar-refractivity contribution in [2.45, 2.75) is 6.92 Å². The number of rotatable bonds is 3. The molecule has 1 fully saturated rings. The van der Waals surface area contributed by atoms with Crippen molar-refractivity contribution in [2.24, 2.45) is 11.7 Å². The molecule has 0 saturated carbocycles. The van der Waals surface area contributed by atoms with E-state index in [4.69, 9.17) is 11.1 Å². The zero-order valence-corrected chi connectivity index (χ0v) is 8.36. The summed E-state index contributed by atoms with van der Waals surface area (Å²) in [6, 6.07) is 0. The molecule has 1 atom stereocenters. The van der Waals surface area contributed by atoms with Crippen LogP contribution in [0.25, 0.3) is 0 Å². The molecule has 12 heavy (non-hydrogen) atoms. The molecule has 4 heteroatoms.